The first kappa shape index (κ1) is 10.0. The largest absolute Gasteiger partial charge is 0.376 e. The molecule has 60 valence electrons. The molecule has 0 radical (unpaired) electrons. The van der Waals surface area contributed by atoms with Crippen LogP contribution in [0.1, 0.15) is 26.2 Å². The molecule has 0 unspecified atom stereocenters. The quantitative estimate of drug-likeness (QED) is 0.479. The Hall–Kier alpha value is -0.960. The lowest BCUT2D eigenvalue weighted by molar-refractivity contribution is 0.263. The first-order valence-corrected chi connectivity index (χ1v) is 3.79. The van der Waals surface area contributed by atoms with Crippen molar-refractivity contribution in [2.24, 2.45) is 0 Å². The van der Waals surface area contributed by atoms with E-state index in [1.54, 1.807) is 0 Å². The second-order valence-corrected chi connectivity index (χ2v) is 2.37. The van der Waals surface area contributed by atoms with Crippen LogP contribution in [-0.2, 0) is 0 Å². The molecule has 0 aromatic carbocycles. The molecule has 0 aliphatic carbocycles. The molecule has 0 amide bonds. The molecule has 0 fully saturated rings. The number of rotatable bonds is 4. The summed E-state index contributed by atoms with van der Waals surface area (Å²) >= 11 is 0. The summed E-state index contributed by atoms with van der Waals surface area (Å²) in [5, 5.41) is 9.17. The third-order valence-corrected chi connectivity index (χ3v) is 1.51. The summed E-state index contributed by atoms with van der Waals surface area (Å²) in [4.78, 5) is 0. The van der Waals surface area contributed by atoms with Crippen LogP contribution in [0.5, 0.6) is 0 Å². The van der Waals surface area contributed by atoms with Crippen molar-refractivity contribution in [3.05, 3.63) is 17.9 Å². The standard InChI is InChI=1S/C10H14O/c1-4-7-8-9(5-2)10(11)6-3/h3,10-11H,2,4,7-8H2,1H3/t10-/m0/s1. The topological polar surface area (TPSA) is 20.2 Å². The van der Waals surface area contributed by atoms with E-state index >= 15 is 0 Å². The fourth-order valence-corrected chi connectivity index (χ4v) is 0.790. The van der Waals surface area contributed by atoms with E-state index in [4.69, 9.17) is 11.5 Å². The molecule has 0 rings (SSSR count). The Morgan fingerprint density at radius 1 is 1.73 bits per heavy atom. The SMILES string of the molecule is C#C[C@H](O)C(=C=C)CCCC. The third-order valence-electron chi connectivity index (χ3n) is 1.51. The maximum absolute atomic E-state index is 9.17. The van der Waals surface area contributed by atoms with Gasteiger partial charge in [0, 0.05) is 5.57 Å². The van der Waals surface area contributed by atoms with Crippen LogP contribution in [0.3, 0.4) is 0 Å². The maximum atomic E-state index is 9.17. The van der Waals surface area contributed by atoms with Gasteiger partial charge in [0.2, 0.25) is 0 Å². The highest BCUT2D eigenvalue weighted by Crippen LogP contribution is 2.09. The lowest BCUT2D eigenvalue weighted by Gasteiger charge is -2.04. The number of aliphatic hydroxyl groups is 1. The summed E-state index contributed by atoms with van der Waals surface area (Å²) in [6.07, 6.45) is 7.15. The van der Waals surface area contributed by atoms with E-state index in [9.17, 15) is 0 Å². The normalized spacial score (nSPS) is 11.4. The smallest absolute Gasteiger partial charge is 0.143 e. The lowest BCUT2D eigenvalue weighted by atomic mass is 10.1. The minimum atomic E-state index is -0.793. The van der Waals surface area contributed by atoms with Gasteiger partial charge in [-0.15, -0.1) is 12.2 Å². The molecule has 0 heterocycles. The van der Waals surface area contributed by atoms with Crippen LogP contribution in [0.15, 0.2) is 17.9 Å². The zero-order valence-corrected chi connectivity index (χ0v) is 6.93. The Morgan fingerprint density at radius 3 is 2.73 bits per heavy atom. The Balaban J connectivity index is 4.00. The zero-order chi connectivity index (χ0) is 8.69. The van der Waals surface area contributed by atoms with E-state index in [2.05, 4.69) is 25.2 Å². The van der Waals surface area contributed by atoms with Gasteiger partial charge in [-0.25, -0.2) is 0 Å². The van der Waals surface area contributed by atoms with Crippen molar-refractivity contribution in [3.8, 4) is 12.3 Å². The zero-order valence-electron chi connectivity index (χ0n) is 6.93. The van der Waals surface area contributed by atoms with Gasteiger partial charge < -0.3 is 5.11 Å². The average Bonchev–Trinajstić information content (AvgIpc) is 2.05. The number of aliphatic hydroxyl groups excluding tert-OH is 1. The van der Waals surface area contributed by atoms with Gasteiger partial charge >= 0.3 is 0 Å². The predicted octanol–water partition coefficient (Wildman–Crippen LogP) is 1.88. The highest BCUT2D eigenvalue weighted by molar-refractivity contribution is 5.17. The van der Waals surface area contributed by atoms with E-state index < -0.39 is 6.10 Å². The summed E-state index contributed by atoms with van der Waals surface area (Å²) in [5.41, 5.74) is 3.39. The van der Waals surface area contributed by atoms with Crippen molar-refractivity contribution in [2.45, 2.75) is 32.3 Å². The minimum absolute atomic E-state index is 0.731. The first-order valence-electron chi connectivity index (χ1n) is 3.79. The second-order valence-electron chi connectivity index (χ2n) is 2.37. The van der Waals surface area contributed by atoms with Gasteiger partial charge in [0.25, 0.3) is 0 Å². The molecule has 0 aliphatic rings. The molecule has 0 bridgehead atoms. The van der Waals surface area contributed by atoms with Crippen molar-refractivity contribution in [1.82, 2.24) is 0 Å². The summed E-state index contributed by atoms with van der Waals surface area (Å²) in [5.74, 6) is 2.24. The molecule has 1 N–H and O–H groups in total. The van der Waals surface area contributed by atoms with Gasteiger partial charge in [0.05, 0.1) is 0 Å². The molecule has 0 spiro atoms. The Morgan fingerprint density at radius 2 is 2.36 bits per heavy atom. The van der Waals surface area contributed by atoms with Gasteiger partial charge in [-0.05, 0) is 12.8 Å². The molecule has 0 aromatic rings. The molecule has 0 saturated carbocycles. The molecule has 1 nitrogen and oxygen atoms in total. The van der Waals surface area contributed by atoms with Crippen molar-refractivity contribution in [2.75, 3.05) is 0 Å². The fourth-order valence-electron chi connectivity index (χ4n) is 0.790. The molecule has 0 aromatic heterocycles. The molecule has 1 atom stereocenters. The first-order chi connectivity index (χ1) is 5.26. The molecular weight excluding hydrogens is 136 g/mol. The highest BCUT2D eigenvalue weighted by Gasteiger charge is 2.04. The van der Waals surface area contributed by atoms with Gasteiger partial charge in [0.15, 0.2) is 0 Å². The fraction of sp³-hybridized carbons (Fsp3) is 0.500. The van der Waals surface area contributed by atoms with Crippen molar-refractivity contribution in [3.63, 3.8) is 0 Å². The van der Waals surface area contributed by atoms with Gasteiger partial charge in [-0.3, -0.25) is 0 Å². The minimum Gasteiger partial charge on any atom is -0.376 e. The van der Waals surface area contributed by atoms with Gasteiger partial charge in [-0.1, -0.05) is 25.8 Å². The van der Waals surface area contributed by atoms with Crippen LogP contribution in [0.2, 0.25) is 0 Å². The molecular formula is C10H14O. The second kappa shape index (κ2) is 5.80. The summed E-state index contributed by atoms with van der Waals surface area (Å²) in [6, 6.07) is 0. The van der Waals surface area contributed by atoms with E-state index in [1.165, 1.54) is 0 Å². The predicted molar refractivity (Wildman–Crippen MR) is 47.0 cm³/mol. The van der Waals surface area contributed by atoms with Crippen LogP contribution in [0.4, 0.5) is 0 Å². The molecule has 1 heteroatoms. The van der Waals surface area contributed by atoms with Gasteiger partial charge in [-0.2, -0.15) is 0 Å². The Kier molecular flexibility index (Phi) is 5.29. The number of terminal acetylenes is 1. The third kappa shape index (κ3) is 3.68. The van der Waals surface area contributed by atoms with Crippen molar-refractivity contribution >= 4 is 0 Å². The summed E-state index contributed by atoms with van der Waals surface area (Å²) in [7, 11) is 0. The van der Waals surface area contributed by atoms with Crippen molar-refractivity contribution < 1.29 is 5.11 Å². The number of unbranched alkanes of at least 4 members (excludes halogenated alkanes) is 1. The Bertz CT molecular complexity index is 191. The van der Waals surface area contributed by atoms with Crippen LogP contribution in [0, 0.1) is 12.3 Å². The van der Waals surface area contributed by atoms with Crippen LogP contribution < -0.4 is 0 Å². The van der Waals surface area contributed by atoms with Gasteiger partial charge in [0.1, 0.15) is 6.10 Å². The summed E-state index contributed by atoms with van der Waals surface area (Å²) < 4.78 is 0. The van der Waals surface area contributed by atoms with E-state index in [1.807, 2.05) is 0 Å². The average molecular weight is 150 g/mol. The Labute approximate surface area is 68.4 Å². The van der Waals surface area contributed by atoms with Crippen molar-refractivity contribution in [1.29, 1.82) is 0 Å². The molecule has 11 heavy (non-hydrogen) atoms. The highest BCUT2D eigenvalue weighted by atomic mass is 16.3. The number of hydrogen-bond donors (Lipinski definition) is 1. The maximum Gasteiger partial charge on any atom is 0.143 e. The van der Waals surface area contributed by atoms with E-state index in [0.29, 0.717) is 0 Å². The lowest BCUT2D eigenvalue weighted by Crippen LogP contribution is -2.05. The van der Waals surface area contributed by atoms with Crippen LogP contribution in [-0.4, -0.2) is 11.2 Å². The van der Waals surface area contributed by atoms with E-state index in [0.717, 1.165) is 24.8 Å². The summed E-state index contributed by atoms with van der Waals surface area (Å²) in [6.45, 7) is 5.55. The van der Waals surface area contributed by atoms with Crippen LogP contribution >= 0.6 is 0 Å². The monoisotopic (exact) mass is 150 g/mol. The van der Waals surface area contributed by atoms with Crippen LogP contribution in [0.25, 0.3) is 0 Å². The molecule has 0 aliphatic heterocycles. The number of hydrogen-bond acceptors (Lipinski definition) is 1. The van der Waals surface area contributed by atoms with E-state index in [-0.39, 0.29) is 0 Å². The molecule has 0 saturated heterocycles.